The number of para-hydroxylation sites is 1. The number of fused-ring (bicyclic) bond motifs is 3. The van der Waals surface area contributed by atoms with E-state index in [1.807, 2.05) is 32.0 Å². The zero-order valence-electron chi connectivity index (χ0n) is 17.5. The Morgan fingerprint density at radius 3 is 2.69 bits per heavy atom. The van der Waals surface area contributed by atoms with Crippen molar-refractivity contribution in [3.63, 3.8) is 0 Å². The van der Waals surface area contributed by atoms with Crippen LogP contribution in [0.5, 0.6) is 0 Å². The minimum Gasteiger partial charge on any atom is -0.478 e. The van der Waals surface area contributed by atoms with Gasteiger partial charge in [-0.05, 0) is 43.7 Å². The summed E-state index contributed by atoms with van der Waals surface area (Å²) in [5.74, 6) is -0.976. The van der Waals surface area contributed by atoms with Gasteiger partial charge in [0, 0.05) is 40.8 Å². The number of carboxylic acid groups (broad SMARTS) is 1. The van der Waals surface area contributed by atoms with Crippen molar-refractivity contribution in [2.75, 3.05) is 5.32 Å². The molecule has 0 fully saturated rings. The molecule has 0 bridgehead atoms. The molecule has 0 saturated carbocycles. The molecule has 0 aliphatic rings. The van der Waals surface area contributed by atoms with E-state index in [1.54, 1.807) is 43.0 Å². The molecule has 2 aromatic carbocycles. The monoisotopic (exact) mass is 424 g/mol. The Hall–Kier alpha value is -4.26. The molecule has 1 atom stereocenters. The third-order valence-corrected chi connectivity index (χ3v) is 5.46. The van der Waals surface area contributed by atoms with Crippen LogP contribution >= 0.6 is 0 Å². The van der Waals surface area contributed by atoms with Crippen LogP contribution in [0.15, 0.2) is 71.7 Å². The molecule has 7 heteroatoms. The number of aromatic nitrogens is 3. The van der Waals surface area contributed by atoms with Gasteiger partial charge in [-0.3, -0.25) is 15.0 Å². The first-order valence-electron chi connectivity index (χ1n) is 10.2. The summed E-state index contributed by atoms with van der Waals surface area (Å²) in [7, 11) is 0. The summed E-state index contributed by atoms with van der Waals surface area (Å²) in [6.45, 7) is 4.00. The minimum atomic E-state index is -0.976. The van der Waals surface area contributed by atoms with Crippen molar-refractivity contribution in [3.05, 3.63) is 83.9 Å². The molecule has 5 rings (SSSR count). The molecular formula is C25H20N4O3. The number of rotatable bonds is 5. The van der Waals surface area contributed by atoms with Crippen molar-refractivity contribution in [2.45, 2.75) is 19.9 Å². The third kappa shape index (κ3) is 3.33. The molecular weight excluding hydrogens is 404 g/mol. The lowest BCUT2D eigenvalue weighted by molar-refractivity contribution is 0.0698. The highest BCUT2D eigenvalue weighted by Gasteiger charge is 2.21. The van der Waals surface area contributed by atoms with Crippen LogP contribution in [-0.4, -0.2) is 26.0 Å². The first-order chi connectivity index (χ1) is 15.5. The van der Waals surface area contributed by atoms with E-state index in [1.165, 1.54) is 0 Å². The lowest BCUT2D eigenvalue weighted by Crippen LogP contribution is -2.11. The third-order valence-electron chi connectivity index (χ3n) is 5.46. The molecule has 0 unspecified atom stereocenters. The van der Waals surface area contributed by atoms with Crippen LogP contribution in [0, 0.1) is 6.92 Å². The molecule has 7 nitrogen and oxygen atoms in total. The number of carboxylic acids is 1. The van der Waals surface area contributed by atoms with E-state index in [4.69, 9.17) is 4.42 Å². The van der Waals surface area contributed by atoms with Gasteiger partial charge in [0.25, 0.3) is 0 Å². The number of nitrogens with one attached hydrogen (secondary N) is 1. The van der Waals surface area contributed by atoms with Crippen LogP contribution in [0.25, 0.3) is 33.3 Å². The average molecular weight is 424 g/mol. The van der Waals surface area contributed by atoms with Crippen molar-refractivity contribution in [2.24, 2.45) is 0 Å². The van der Waals surface area contributed by atoms with Gasteiger partial charge < -0.3 is 14.8 Å². The first kappa shape index (κ1) is 19.7. The van der Waals surface area contributed by atoms with Crippen molar-refractivity contribution >= 4 is 33.7 Å². The second-order valence-corrected chi connectivity index (χ2v) is 7.68. The molecule has 2 N–H and O–H groups in total. The molecule has 3 heterocycles. The van der Waals surface area contributed by atoms with E-state index in [-0.39, 0.29) is 11.6 Å². The summed E-state index contributed by atoms with van der Waals surface area (Å²) in [4.78, 5) is 24.8. The molecule has 0 amide bonds. The predicted octanol–water partition coefficient (Wildman–Crippen LogP) is 5.62. The fourth-order valence-corrected chi connectivity index (χ4v) is 4.00. The van der Waals surface area contributed by atoms with Crippen LogP contribution in [0.4, 0.5) is 5.69 Å². The summed E-state index contributed by atoms with van der Waals surface area (Å²) < 4.78 is 6.37. The van der Waals surface area contributed by atoms with E-state index in [0.29, 0.717) is 22.5 Å². The van der Waals surface area contributed by atoms with Crippen molar-refractivity contribution in [3.8, 4) is 11.3 Å². The SMILES string of the molecule is Cc1cc([C@@H](C)Nc2ccccc2C(=O)O)c2oc3c(-c4cnccn4)ccnc3c2c1. The van der Waals surface area contributed by atoms with Crippen LogP contribution in [0.2, 0.25) is 0 Å². The van der Waals surface area contributed by atoms with E-state index in [2.05, 4.69) is 26.3 Å². The Balaban J connectivity index is 1.67. The average Bonchev–Trinajstić information content (AvgIpc) is 3.18. The number of aryl methyl sites for hydroxylation is 1. The van der Waals surface area contributed by atoms with Crippen LogP contribution < -0.4 is 5.32 Å². The fourth-order valence-electron chi connectivity index (χ4n) is 4.00. The summed E-state index contributed by atoms with van der Waals surface area (Å²) in [5.41, 5.74) is 6.39. The standard InChI is InChI=1S/C25H20N4O3/c1-14-11-18(15(2)29-20-6-4-3-5-17(20)25(30)31)23-19(12-14)22-24(32-23)16(7-8-28-22)21-13-26-9-10-27-21/h3-13,15,29H,1-2H3,(H,30,31)/t15-/m1/s1. The number of pyridine rings is 1. The topological polar surface area (TPSA) is 101 Å². The van der Waals surface area contributed by atoms with Crippen LogP contribution in [-0.2, 0) is 0 Å². The Kier molecular flexibility index (Phi) is 4.78. The highest BCUT2D eigenvalue weighted by atomic mass is 16.4. The Bertz CT molecular complexity index is 1460. The maximum absolute atomic E-state index is 11.6. The highest BCUT2D eigenvalue weighted by Crippen LogP contribution is 2.38. The van der Waals surface area contributed by atoms with E-state index >= 15 is 0 Å². The van der Waals surface area contributed by atoms with Gasteiger partial charge in [-0.1, -0.05) is 18.2 Å². The van der Waals surface area contributed by atoms with Gasteiger partial charge in [-0.25, -0.2) is 4.79 Å². The quantitative estimate of drug-likeness (QED) is 0.378. The highest BCUT2D eigenvalue weighted by molar-refractivity contribution is 6.08. The van der Waals surface area contributed by atoms with Gasteiger partial charge >= 0.3 is 5.97 Å². The second-order valence-electron chi connectivity index (χ2n) is 7.68. The Morgan fingerprint density at radius 1 is 1.06 bits per heavy atom. The summed E-state index contributed by atoms with van der Waals surface area (Å²) in [5, 5.41) is 13.8. The predicted molar refractivity (Wildman–Crippen MR) is 123 cm³/mol. The molecule has 32 heavy (non-hydrogen) atoms. The molecule has 0 radical (unpaired) electrons. The zero-order chi connectivity index (χ0) is 22.2. The summed E-state index contributed by atoms with van der Waals surface area (Å²) in [6.07, 6.45) is 6.71. The molecule has 0 aliphatic heterocycles. The number of aromatic carboxylic acids is 1. The van der Waals surface area contributed by atoms with Crippen LogP contribution in [0.1, 0.15) is 34.5 Å². The van der Waals surface area contributed by atoms with Gasteiger partial charge in [0.05, 0.1) is 23.5 Å². The smallest absolute Gasteiger partial charge is 0.337 e. The van der Waals surface area contributed by atoms with Gasteiger partial charge in [0.15, 0.2) is 5.58 Å². The number of carbonyl (C=O) groups is 1. The number of hydrogen-bond acceptors (Lipinski definition) is 6. The number of benzene rings is 2. The van der Waals surface area contributed by atoms with Gasteiger partial charge in [0.2, 0.25) is 0 Å². The maximum Gasteiger partial charge on any atom is 0.337 e. The largest absolute Gasteiger partial charge is 0.478 e. The van der Waals surface area contributed by atoms with Gasteiger partial charge in [-0.15, -0.1) is 0 Å². The Labute approximate surface area is 183 Å². The van der Waals surface area contributed by atoms with E-state index < -0.39 is 5.97 Å². The normalized spacial score (nSPS) is 12.2. The second kappa shape index (κ2) is 7.77. The minimum absolute atomic E-state index is 0.210. The van der Waals surface area contributed by atoms with Crippen molar-refractivity contribution in [1.29, 1.82) is 0 Å². The number of anilines is 1. The number of furan rings is 1. The number of nitrogens with zero attached hydrogens (tertiary/aromatic N) is 3. The molecule has 0 spiro atoms. The van der Waals surface area contributed by atoms with E-state index in [0.717, 1.165) is 27.6 Å². The molecule has 0 aliphatic carbocycles. The molecule has 3 aromatic heterocycles. The van der Waals surface area contributed by atoms with Gasteiger partial charge in [0.1, 0.15) is 11.1 Å². The lowest BCUT2D eigenvalue weighted by Gasteiger charge is -2.18. The van der Waals surface area contributed by atoms with E-state index in [9.17, 15) is 9.90 Å². The fraction of sp³-hybridized carbons (Fsp3) is 0.120. The molecule has 5 aromatic rings. The van der Waals surface area contributed by atoms with Crippen molar-refractivity contribution in [1.82, 2.24) is 15.0 Å². The number of hydrogen-bond donors (Lipinski definition) is 2. The zero-order valence-corrected chi connectivity index (χ0v) is 17.5. The molecule has 158 valence electrons. The lowest BCUT2D eigenvalue weighted by atomic mass is 10.0. The van der Waals surface area contributed by atoms with Crippen LogP contribution in [0.3, 0.4) is 0 Å². The molecule has 0 saturated heterocycles. The maximum atomic E-state index is 11.6. The van der Waals surface area contributed by atoms with Crippen molar-refractivity contribution < 1.29 is 14.3 Å². The Morgan fingerprint density at radius 2 is 1.91 bits per heavy atom. The first-order valence-corrected chi connectivity index (χ1v) is 10.2. The van der Waals surface area contributed by atoms with Gasteiger partial charge in [-0.2, -0.15) is 0 Å². The summed E-state index contributed by atoms with van der Waals surface area (Å²) >= 11 is 0. The summed E-state index contributed by atoms with van der Waals surface area (Å²) in [6, 6.07) is 12.6.